The predicted molar refractivity (Wildman–Crippen MR) is 125 cm³/mol. The number of benzene rings is 2. The number of ether oxygens (including phenoxy) is 2. The molecule has 2 saturated heterocycles. The molecule has 5 rings (SSSR count). The number of methoxy groups -OCH3 is 1. The lowest BCUT2D eigenvalue weighted by atomic mass is 9.81. The van der Waals surface area contributed by atoms with Gasteiger partial charge in [0.2, 0.25) is 0 Å². The van der Waals surface area contributed by atoms with Crippen LogP contribution in [-0.2, 0) is 0 Å². The summed E-state index contributed by atoms with van der Waals surface area (Å²) >= 11 is 0. The summed E-state index contributed by atoms with van der Waals surface area (Å²) in [6, 6.07) is 15.9. The zero-order chi connectivity index (χ0) is 21.0. The second-order valence-corrected chi connectivity index (χ2v) is 9.34. The number of fused-ring (bicyclic) bond motifs is 3. The van der Waals surface area contributed by atoms with Crippen molar-refractivity contribution < 1.29 is 9.47 Å². The minimum atomic E-state index is 0.355. The monoisotopic (exact) mass is 420 g/mol. The van der Waals surface area contributed by atoms with Crippen LogP contribution in [0.3, 0.4) is 0 Å². The largest absolute Gasteiger partial charge is 0.496 e. The van der Waals surface area contributed by atoms with E-state index in [1.807, 2.05) is 0 Å². The van der Waals surface area contributed by atoms with Crippen molar-refractivity contribution in [1.29, 1.82) is 0 Å². The average molecular weight is 421 g/mol. The van der Waals surface area contributed by atoms with Crippen LogP contribution in [0.1, 0.15) is 67.2 Å². The highest BCUT2D eigenvalue weighted by molar-refractivity contribution is 5.49. The second-order valence-electron chi connectivity index (χ2n) is 9.34. The third-order valence-corrected chi connectivity index (χ3v) is 7.42. The van der Waals surface area contributed by atoms with Crippen molar-refractivity contribution in [1.82, 2.24) is 9.80 Å². The molecule has 0 saturated carbocycles. The SMILES string of the molecule is COc1ccccc1[C@H]1CN2CCC[C@H]2c2cc(OCCCN3CCCCC3)ccc21. The van der Waals surface area contributed by atoms with Gasteiger partial charge >= 0.3 is 0 Å². The van der Waals surface area contributed by atoms with Gasteiger partial charge in [-0.05, 0) is 81.1 Å². The highest BCUT2D eigenvalue weighted by Gasteiger charge is 2.37. The third-order valence-electron chi connectivity index (χ3n) is 7.42. The van der Waals surface area contributed by atoms with Gasteiger partial charge in [0.05, 0.1) is 13.7 Å². The Morgan fingerprint density at radius 1 is 0.903 bits per heavy atom. The molecule has 0 bridgehead atoms. The summed E-state index contributed by atoms with van der Waals surface area (Å²) in [7, 11) is 1.78. The number of hydrogen-bond acceptors (Lipinski definition) is 4. The van der Waals surface area contributed by atoms with E-state index in [9.17, 15) is 0 Å². The number of likely N-dealkylation sites (tertiary alicyclic amines) is 1. The molecule has 2 aromatic carbocycles. The maximum atomic E-state index is 6.23. The van der Waals surface area contributed by atoms with Crippen molar-refractivity contribution in [3.8, 4) is 11.5 Å². The van der Waals surface area contributed by atoms with Gasteiger partial charge in [0.15, 0.2) is 0 Å². The van der Waals surface area contributed by atoms with Crippen LogP contribution in [0.4, 0.5) is 0 Å². The Hall–Kier alpha value is -2.04. The average Bonchev–Trinajstić information content (AvgIpc) is 3.31. The van der Waals surface area contributed by atoms with Crippen molar-refractivity contribution >= 4 is 0 Å². The topological polar surface area (TPSA) is 24.9 Å². The Morgan fingerprint density at radius 2 is 1.77 bits per heavy atom. The van der Waals surface area contributed by atoms with E-state index in [4.69, 9.17) is 9.47 Å². The second kappa shape index (κ2) is 9.62. The van der Waals surface area contributed by atoms with Crippen LogP contribution in [0.2, 0.25) is 0 Å². The summed E-state index contributed by atoms with van der Waals surface area (Å²) in [6.07, 6.45) is 7.76. The Balaban J connectivity index is 1.32. The van der Waals surface area contributed by atoms with E-state index < -0.39 is 0 Å². The first-order valence-electron chi connectivity index (χ1n) is 12.2. The first-order valence-corrected chi connectivity index (χ1v) is 12.2. The molecule has 2 aromatic rings. The summed E-state index contributed by atoms with van der Waals surface area (Å²) in [4.78, 5) is 5.26. The summed E-state index contributed by atoms with van der Waals surface area (Å²) < 4.78 is 11.9. The van der Waals surface area contributed by atoms with Crippen LogP contribution in [-0.4, -0.2) is 56.2 Å². The van der Waals surface area contributed by atoms with Crippen LogP contribution >= 0.6 is 0 Å². The molecular formula is C27H36N2O2. The van der Waals surface area contributed by atoms with Crippen LogP contribution in [0, 0.1) is 0 Å². The Kier molecular flexibility index (Phi) is 6.47. The highest BCUT2D eigenvalue weighted by atomic mass is 16.5. The molecular weight excluding hydrogens is 384 g/mol. The molecule has 166 valence electrons. The zero-order valence-electron chi connectivity index (χ0n) is 18.9. The fourth-order valence-corrected chi connectivity index (χ4v) is 5.86. The summed E-state index contributed by atoms with van der Waals surface area (Å²) in [5.74, 6) is 2.38. The highest BCUT2D eigenvalue weighted by Crippen LogP contribution is 2.46. The van der Waals surface area contributed by atoms with Gasteiger partial charge in [-0.1, -0.05) is 30.7 Å². The quantitative estimate of drug-likeness (QED) is 0.573. The number of rotatable bonds is 7. The van der Waals surface area contributed by atoms with Crippen molar-refractivity contribution in [2.24, 2.45) is 0 Å². The van der Waals surface area contributed by atoms with E-state index in [0.29, 0.717) is 12.0 Å². The van der Waals surface area contributed by atoms with Gasteiger partial charge in [0, 0.05) is 30.6 Å². The van der Waals surface area contributed by atoms with Crippen molar-refractivity contribution in [2.45, 2.75) is 50.5 Å². The first kappa shape index (κ1) is 20.8. The number of para-hydroxylation sites is 1. The van der Waals surface area contributed by atoms with E-state index in [1.165, 1.54) is 68.4 Å². The molecule has 4 nitrogen and oxygen atoms in total. The van der Waals surface area contributed by atoms with Crippen molar-refractivity contribution in [2.75, 3.05) is 46.4 Å². The molecule has 0 radical (unpaired) electrons. The van der Waals surface area contributed by atoms with E-state index >= 15 is 0 Å². The minimum absolute atomic E-state index is 0.355. The molecule has 0 amide bonds. The van der Waals surface area contributed by atoms with E-state index in [-0.39, 0.29) is 0 Å². The molecule has 0 aliphatic carbocycles. The molecule has 2 fully saturated rings. The number of nitrogens with zero attached hydrogens (tertiary/aromatic N) is 2. The molecule has 3 aliphatic heterocycles. The third kappa shape index (κ3) is 4.47. The number of hydrogen-bond donors (Lipinski definition) is 0. The zero-order valence-corrected chi connectivity index (χ0v) is 18.9. The maximum absolute atomic E-state index is 6.23. The molecule has 4 heteroatoms. The lowest BCUT2D eigenvalue weighted by Gasteiger charge is -2.38. The molecule has 31 heavy (non-hydrogen) atoms. The molecule has 0 spiro atoms. The summed E-state index contributed by atoms with van der Waals surface area (Å²) in [5.41, 5.74) is 4.22. The fourth-order valence-electron chi connectivity index (χ4n) is 5.86. The normalized spacial score (nSPS) is 23.9. The lowest BCUT2D eigenvalue weighted by molar-refractivity contribution is 0.204. The standard InChI is InChI=1S/C27H36N2O2/c1-30-27-11-4-3-9-23(27)25-20-29-17-7-10-26(29)24-19-21(12-13-22(24)25)31-18-8-16-28-14-5-2-6-15-28/h3-4,9,11-13,19,25-26H,2,5-8,10,14-18,20H2,1H3/t25-,26-/m0/s1. The molecule has 0 aromatic heterocycles. The van der Waals surface area contributed by atoms with E-state index in [0.717, 1.165) is 37.6 Å². The van der Waals surface area contributed by atoms with Gasteiger partial charge in [-0.3, -0.25) is 4.90 Å². The van der Waals surface area contributed by atoms with Crippen LogP contribution in [0.15, 0.2) is 42.5 Å². The molecule has 0 N–H and O–H groups in total. The Labute approximate surface area is 187 Å². The molecule has 3 heterocycles. The van der Waals surface area contributed by atoms with Gasteiger partial charge in [0.1, 0.15) is 11.5 Å². The molecule has 3 aliphatic rings. The first-order chi connectivity index (χ1) is 15.3. The van der Waals surface area contributed by atoms with Gasteiger partial charge in [-0.25, -0.2) is 0 Å². The summed E-state index contributed by atoms with van der Waals surface area (Å²) in [5, 5.41) is 0. The van der Waals surface area contributed by atoms with Gasteiger partial charge in [0.25, 0.3) is 0 Å². The van der Waals surface area contributed by atoms with Crippen molar-refractivity contribution in [3.05, 3.63) is 59.2 Å². The molecule has 2 atom stereocenters. The van der Waals surface area contributed by atoms with Crippen LogP contribution < -0.4 is 9.47 Å². The van der Waals surface area contributed by atoms with Gasteiger partial charge in [-0.15, -0.1) is 0 Å². The Morgan fingerprint density at radius 3 is 2.65 bits per heavy atom. The number of piperidine rings is 1. The minimum Gasteiger partial charge on any atom is -0.496 e. The van der Waals surface area contributed by atoms with Gasteiger partial charge in [-0.2, -0.15) is 0 Å². The smallest absolute Gasteiger partial charge is 0.122 e. The predicted octanol–water partition coefficient (Wildman–Crippen LogP) is 5.23. The lowest BCUT2D eigenvalue weighted by Crippen LogP contribution is -2.34. The fraction of sp³-hybridized carbons (Fsp3) is 0.556. The maximum Gasteiger partial charge on any atom is 0.122 e. The molecule has 0 unspecified atom stereocenters. The Bertz CT molecular complexity index is 877. The van der Waals surface area contributed by atoms with Crippen LogP contribution in [0.25, 0.3) is 0 Å². The van der Waals surface area contributed by atoms with Crippen LogP contribution in [0.5, 0.6) is 11.5 Å². The summed E-state index contributed by atoms with van der Waals surface area (Å²) in [6.45, 7) is 6.77. The van der Waals surface area contributed by atoms with E-state index in [2.05, 4.69) is 52.3 Å². The van der Waals surface area contributed by atoms with E-state index in [1.54, 1.807) is 7.11 Å². The van der Waals surface area contributed by atoms with Crippen molar-refractivity contribution in [3.63, 3.8) is 0 Å². The van der Waals surface area contributed by atoms with Gasteiger partial charge < -0.3 is 14.4 Å².